The summed E-state index contributed by atoms with van der Waals surface area (Å²) in [7, 11) is 0. The van der Waals surface area contributed by atoms with Gasteiger partial charge in [-0.05, 0) is 35.8 Å². The van der Waals surface area contributed by atoms with Gasteiger partial charge in [0.15, 0.2) is 5.11 Å². The van der Waals surface area contributed by atoms with Crippen molar-refractivity contribution >= 4 is 45.9 Å². The molecule has 21 heavy (non-hydrogen) atoms. The molecule has 1 aromatic heterocycles. The van der Waals surface area contributed by atoms with Crippen LogP contribution in [0.5, 0.6) is 0 Å². The standard InChI is InChI=1S/C12H8FN3O3S2/c13-8-4-3-7(6-9(8)16(18)19)14-12(20)15-11(17)10-2-1-5-21-10/h1-6H,(H2,14,15,17,20). The van der Waals surface area contributed by atoms with Crippen LogP contribution in [0.2, 0.25) is 0 Å². The van der Waals surface area contributed by atoms with E-state index in [1.54, 1.807) is 17.5 Å². The van der Waals surface area contributed by atoms with Crippen molar-refractivity contribution < 1.29 is 14.1 Å². The Kier molecular flexibility index (Phi) is 4.55. The Morgan fingerprint density at radius 2 is 2.14 bits per heavy atom. The Labute approximate surface area is 127 Å². The fourth-order valence-electron chi connectivity index (χ4n) is 1.47. The van der Waals surface area contributed by atoms with Crippen LogP contribution in [0.1, 0.15) is 9.67 Å². The molecule has 1 heterocycles. The summed E-state index contributed by atoms with van der Waals surface area (Å²) >= 11 is 6.18. The molecule has 0 spiro atoms. The van der Waals surface area contributed by atoms with Crippen LogP contribution in [0, 0.1) is 15.9 Å². The van der Waals surface area contributed by atoms with Crippen LogP contribution >= 0.6 is 23.6 Å². The Bertz CT molecular complexity index is 704. The van der Waals surface area contributed by atoms with Crippen LogP contribution in [-0.4, -0.2) is 15.9 Å². The molecule has 9 heteroatoms. The van der Waals surface area contributed by atoms with Gasteiger partial charge in [-0.1, -0.05) is 6.07 Å². The first-order valence-corrected chi connectivity index (χ1v) is 6.86. The molecular formula is C12H8FN3O3S2. The molecule has 0 radical (unpaired) electrons. The Balaban J connectivity index is 2.05. The van der Waals surface area contributed by atoms with Gasteiger partial charge >= 0.3 is 5.69 Å². The van der Waals surface area contributed by atoms with Gasteiger partial charge in [0, 0.05) is 11.8 Å². The number of hydrogen-bond acceptors (Lipinski definition) is 5. The summed E-state index contributed by atoms with van der Waals surface area (Å²) in [6.45, 7) is 0. The molecule has 0 aliphatic carbocycles. The van der Waals surface area contributed by atoms with Crippen molar-refractivity contribution in [1.29, 1.82) is 0 Å². The lowest BCUT2D eigenvalue weighted by molar-refractivity contribution is -0.387. The fraction of sp³-hybridized carbons (Fsp3) is 0. The van der Waals surface area contributed by atoms with E-state index in [0.29, 0.717) is 4.88 Å². The lowest BCUT2D eigenvalue weighted by Crippen LogP contribution is -2.33. The fourth-order valence-corrected chi connectivity index (χ4v) is 2.29. The van der Waals surface area contributed by atoms with Crippen molar-refractivity contribution in [3.63, 3.8) is 0 Å². The molecule has 2 N–H and O–H groups in total. The first kappa shape index (κ1) is 15.0. The van der Waals surface area contributed by atoms with Gasteiger partial charge in [-0.25, -0.2) is 0 Å². The largest absolute Gasteiger partial charge is 0.332 e. The number of thiocarbonyl (C=S) groups is 1. The maximum absolute atomic E-state index is 13.2. The van der Waals surface area contributed by atoms with Crippen LogP contribution in [-0.2, 0) is 0 Å². The number of rotatable bonds is 3. The molecule has 0 saturated carbocycles. The number of nitrogens with one attached hydrogen (secondary N) is 2. The molecule has 6 nitrogen and oxygen atoms in total. The number of benzene rings is 1. The molecule has 0 fully saturated rings. The van der Waals surface area contributed by atoms with Crippen LogP contribution in [0.25, 0.3) is 0 Å². The van der Waals surface area contributed by atoms with E-state index in [4.69, 9.17) is 12.2 Å². The second-order valence-electron chi connectivity index (χ2n) is 3.81. The number of anilines is 1. The second kappa shape index (κ2) is 6.37. The lowest BCUT2D eigenvalue weighted by Gasteiger charge is -2.08. The van der Waals surface area contributed by atoms with Crippen molar-refractivity contribution in [2.75, 3.05) is 5.32 Å². The molecular weight excluding hydrogens is 317 g/mol. The van der Waals surface area contributed by atoms with E-state index in [2.05, 4.69) is 10.6 Å². The van der Waals surface area contributed by atoms with Gasteiger partial charge in [-0.3, -0.25) is 20.2 Å². The van der Waals surface area contributed by atoms with Gasteiger partial charge in [-0.2, -0.15) is 4.39 Å². The third kappa shape index (κ3) is 3.80. The van der Waals surface area contributed by atoms with Crippen LogP contribution in [0.4, 0.5) is 15.8 Å². The molecule has 1 aromatic carbocycles. The smallest absolute Gasteiger partial charge is 0.306 e. The van der Waals surface area contributed by atoms with Gasteiger partial charge in [0.1, 0.15) is 0 Å². The average molecular weight is 325 g/mol. The molecule has 0 aliphatic heterocycles. The monoisotopic (exact) mass is 325 g/mol. The number of amides is 1. The molecule has 0 bridgehead atoms. The molecule has 2 aromatic rings. The van der Waals surface area contributed by atoms with Crippen molar-refractivity contribution in [1.82, 2.24) is 5.32 Å². The van der Waals surface area contributed by atoms with E-state index in [-0.39, 0.29) is 16.7 Å². The third-order valence-electron chi connectivity index (χ3n) is 2.37. The second-order valence-corrected chi connectivity index (χ2v) is 5.16. The number of hydrogen-bond donors (Lipinski definition) is 2. The minimum Gasteiger partial charge on any atom is -0.332 e. The summed E-state index contributed by atoms with van der Waals surface area (Å²) in [6, 6.07) is 6.58. The highest BCUT2D eigenvalue weighted by atomic mass is 32.1. The predicted octanol–water partition coefficient (Wildman–Crippen LogP) is 2.92. The maximum Gasteiger partial charge on any atom is 0.306 e. The van der Waals surface area contributed by atoms with Gasteiger partial charge in [0.05, 0.1) is 9.80 Å². The highest BCUT2D eigenvalue weighted by Gasteiger charge is 2.15. The van der Waals surface area contributed by atoms with E-state index < -0.39 is 16.4 Å². The maximum atomic E-state index is 13.2. The molecule has 2 rings (SSSR count). The first-order chi connectivity index (χ1) is 9.97. The van der Waals surface area contributed by atoms with Gasteiger partial charge in [0.2, 0.25) is 5.82 Å². The van der Waals surface area contributed by atoms with Gasteiger partial charge < -0.3 is 5.32 Å². The lowest BCUT2D eigenvalue weighted by atomic mass is 10.2. The Morgan fingerprint density at radius 1 is 1.38 bits per heavy atom. The van der Waals surface area contributed by atoms with E-state index in [0.717, 1.165) is 12.1 Å². The minimum absolute atomic E-state index is 0.0330. The number of carbonyl (C=O) groups excluding carboxylic acids is 1. The van der Waals surface area contributed by atoms with E-state index >= 15 is 0 Å². The number of nitro groups is 1. The first-order valence-electron chi connectivity index (χ1n) is 5.57. The number of carbonyl (C=O) groups is 1. The van der Waals surface area contributed by atoms with E-state index in [1.807, 2.05) is 0 Å². The Morgan fingerprint density at radius 3 is 2.76 bits per heavy atom. The highest BCUT2D eigenvalue weighted by molar-refractivity contribution is 7.80. The molecule has 0 unspecified atom stereocenters. The summed E-state index contributed by atoms with van der Waals surface area (Å²) in [4.78, 5) is 22.0. The van der Waals surface area contributed by atoms with Crippen LogP contribution in [0.15, 0.2) is 35.7 Å². The molecule has 108 valence electrons. The zero-order chi connectivity index (χ0) is 15.4. The zero-order valence-corrected chi connectivity index (χ0v) is 12.0. The van der Waals surface area contributed by atoms with Crippen molar-refractivity contribution in [3.8, 4) is 0 Å². The van der Waals surface area contributed by atoms with Crippen LogP contribution < -0.4 is 10.6 Å². The minimum atomic E-state index is -0.945. The normalized spacial score (nSPS) is 9.95. The molecule has 0 atom stereocenters. The third-order valence-corrected chi connectivity index (χ3v) is 3.45. The summed E-state index contributed by atoms with van der Waals surface area (Å²) in [5.41, 5.74) is -0.466. The predicted molar refractivity (Wildman–Crippen MR) is 81.1 cm³/mol. The highest BCUT2D eigenvalue weighted by Crippen LogP contribution is 2.21. The van der Waals surface area contributed by atoms with Crippen molar-refractivity contribution in [3.05, 3.63) is 56.5 Å². The van der Waals surface area contributed by atoms with Crippen molar-refractivity contribution in [2.45, 2.75) is 0 Å². The zero-order valence-electron chi connectivity index (χ0n) is 10.3. The molecule has 0 aliphatic rings. The number of thiophene rings is 1. The summed E-state index contributed by atoms with van der Waals surface area (Å²) in [5, 5.41) is 17.4. The average Bonchev–Trinajstić information content (AvgIpc) is 2.94. The molecule has 0 saturated heterocycles. The van der Waals surface area contributed by atoms with Crippen molar-refractivity contribution in [2.24, 2.45) is 0 Å². The van der Waals surface area contributed by atoms with E-state index in [9.17, 15) is 19.3 Å². The number of halogens is 1. The van der Waals surface area contributed by atoms with Crippen LogP contribution in [0.3, 0.4) is 0 Å². The summed E-state index contributed by atoms with van der Waals surface area (Å²) < 4.78 is 13.2. The summed E-state index contributed by atoms with van der Waals surface area (Å²) in [5.74, 6) is -1.33. The molecule has 1 amide bonds. The van der Waals surface area contributed by atoms with Gasteiger partial charge in [-0.15, -0.1) is 11.3 Å². The number of nitrogens with zero attached hydrogens (tertiary/aromatic N) is 1. The Hall–Kier alpha value is -2.39. The van der Waals surface area contributed by atoms with Gasteiger partial charge in [0.25, 0.3) is 5.91 Å². The quantitative estimate of drug-likeness (QED) is 0.515. The SMILES string of the molecule is O=C(NC(=S)Nc1ccc(F)c([N+](=O)[O-])c1)c1cccs1. The number of nitro benzene ring substituents is 1. The summed E-state index contributed by atoms with van der Waals surface area (Å²) in [6.07, 6.45) is 0. The van der Waals surface area contributed by atoms with E-state index in [1.165, 1.54) is 17.4 Å². The topological polar surface area (TPSA) is 84.3 Å².